The molecule has 0 heterocycles. The third-order valence-electron chi connectivity index (χ3n) is 11.2. The van der Waals surface area contributed by atoms with Gasteiger partial charge in [0.25, 0.3) is 0 Å². The molecule has 0 spiro atoms. The lowest BCUT2D eigenvalue weighted by atomic mass is 9.49. The van der Waals surface area contributed by atoms with E-state index in [1.54, 1.807) is 0 Å². The quantitative estimate of drug-likeness (QED) is 0.434. The Bertz CT molecular complexity index is 647. The number of allylic oxidation sites excluding steroid dienone is 2. The molecule has 1 nitrogen and oxygen atoms in total. The van der Waals surface area contributed by atoms with E-state index in [0.717, 1.165) is 48.3 Å². The Balaban J connectivity index is 1.52. The molecule has 0 unspecified atom stereocenters. The van der Waals surface area contributed by atoms with Crippen LogP contribution in [-0.4, -0.2) is 11.2 Å². The second-order valence-corrected chi connectivity index (χ2v) is 12.8. The molecular formula is C29H50O. The number of fused-ring (bicyclic) bond motifs is 4. The van der Waals surface area contributed by atoms with E-state index < -0.39 is 0 Å². The van der Waals surface area contributed by atoms with Gasteiger partial charge in [-0.2, -0.15) is 0 Å². The molecule has 0 amide bonds. The monoisotopic (exact) mass is 414 g/mol. The predicted molar refractivity (Wildman–Crippen MR) is 128 cm³/mol. The van der Waals surface area contributed by atoms with E-state index in [2.05, 4.69) is 41.5 Å². The highest BCUT2D eigenvalue weighted by Gasteiger charge is 2.55. The Morgan fingerprint density at radius 1 is 0.967 bits per heavy atom. The minimum absolute atomic E-state index is 0.0272. The van der Waals surface area contributed by atoms with Gasteiger partial charge in [-0.05, 0) is 111 Å². The minimum Gasteiger partial charge on any atom is -0.393 e. The molecule has 0 saturated heterocycles. The van der Waals surface area contributed by atoms with Gasteiger partial charge in [0, 0.05) is 0 Å². The van der Waals surface area contributed by atoms with Crippen molar-refractivity contribution in [2.24, 2.45) is 46.3 Å². The first-order chi connectivity index (χ1) is 14.2. The second-order valence-electron chi connectivity index (χ2n) is 12.8. The molecule has 0 aliphatic heterocycles. The van der Waals surface area contributed by atoms with Crippen LogP contribution in [0.25, 0.3) is 0 Å². The van der Waals surface area contributed by atoms with Crippen LogP contribution in [0.3, 0.4) is 0 Å². The van der Waals surface area contributed by atoms with Gasteiger partial charge in [0.05, 0.1) is 6.10 Å². The van der Waals surface area contributed by atoms with E-state index in [0.29, 0.717) is 10.8 Å². The molecule has 0 bridgehead atoms. The molecule has 8 atom stereocenters. The van der Waals surface area contributed by atoms with Crippen molar-refractivity contribution in [3.05, 3.63) is 11.1 Å². The largest absolute Gasteiger partial charge is 0.393 e. The van der Waals surface area contributed by atoms with Crippen LogP contribution in [0.4, 0.5) is 0 Å². The summed E-state index contributed by atoms with van der Waals surface area (Å²) >= 11 is 0. The Morgan fingerprint density at radius 3 is 2.43 bits per heavy atom. The van der Waals surface area contributed by atoms with Crippen molar-refractivity contribution in [3.63, 3.8) is 0 Å². The average Bonchev–Trinajstić information content (AvgIpc) is 3.06. The molecule has 1 heteroatoms. The molecule has 3 fully saturated rings. The third-order valence-corrected chi connectivity index (χ3v) is 11.2. The summed E-state index contributed by atoms with van der Waals surface area (Å²) in [7, 11) is 0. The molecular weight excluding hydrogens is 364 g/mol. The van der Waals surface area contributed by atoms with Gasteiger partial charge < -0.3 is 5.11 Å². The number of hydrogen-bond acceptors (Lipinski definition) is 1. The summed E-state index contributed by atoms with van der Waals surface area (Å²) in [5.74, 6) is 5.11. The smallest absolute Gasteiger partial charge is 0.0543 e. The summed E-state index contributed by atoms with van der Waals surface area (Å²) in [5, 5.41) is 10.3. The zero-order chi connectivity index (χ0) is 21.7. The van der Waals surface area contributed by atoms with Crippen LogP contribution in [0.5, 0.6) is 0 Å². The fourth-order valence-corrected chi connectivity index (χ4v) is 9.11. The van der Waals surface area contributed by atoms with Crippen molar-refractivity contribution in [2.45, 2.75) is 125 Å². The van der Waals surface area contributed by atoms with Crippen LogP contribution in [0.2, 0.25) is 0 Å². The summed E-state index contributed by atoms with van der Waals surface area (Å²) in [4.78, 5) is 0. The molecule has 0 radical (unpaired) electrons. The zero-order valence-corrected chi connectivity index (χ0v) is 21.0. The number of rotatable bonds is 6. The SMILES string of the molecule is CC[C@H](CC[C@@H](C)[C@H]1CCC2=C3CC[C@@H]4C[C@@H](O)CC[C@]4(C)[C@H]3CC[C@@]21C)C(C)C. The summed E-state index contributed by atoms with van der Waals surface area (Å²) in [6.07, 6.45) is 15.9. The molecule has 172 valence electrons. The van der Waals surface area contributed by atoms with Gasteiger partial charge in [0.1, 0.15) is 0 Å². The Morgan fingerprint density at radius 2 is 1.73 bits per heavy atom. The fraction of sp³-hybridized carbons (Fsp3) is 0.931. The predicted octanol–water partition coefficient (Wildman–Crippen LogP) is 8.17. The van der Waals surface area contributed by atoms with Gasteiger partial charge in [-0.25, -0.2) is 0 Å². The van der Waals surface area contributed by atoms with Gasteiger partial charge in [-0.15, -0.1) is 0 Å². The van der Waals surface area contributed by atoms with Gasteiger partial charge in [-0.1, -0.05) is 65.5 Å². The van der Waals surface area contributed by atoms with E-state index in [1.807, 2.05) is 11.1 Å². The zero-order valence-electron chi connectivity index (χ0n) is 21.0. The van der Waals surface area contributed by atoms with Gasteiger partial charge in [-0.3, -0.25) is 0 Å². The molecule has 4 rings (SSSR count). The second kappa shape index (κ2) is 8.57. The number of hydrogen-bond donors (Lipinski definition) is 1. The molecule has 1 N–H and O–H groups in total. The average molecular weight is 415 g/mol. The van der Waals surface area contributed by atoms with E-state index in [1.165, 1.54) is 64.2 Å². The van der Waals surface area contributed by atoms with Crippen LogP contribution < -0.4 is 0 Å². The van der Waals surface area contributed by atoms with Crippen molar-refractivity contribution >= 4 is 0 Å². The van der Waals surface area contributed by atoms with Crippen LogP contribution in [-0.2, 0) is 0 Å². The van der Waals surface area contributed by atoms with Gasteiger partial charge >= 0.3 is 0 Å². The van der Waals surface area contributed by atoms with E-state index in [4.69, 9.17) is 0 Å². The van der Waals surface area contributed by atoms with E-state index >= 15 is 0 Å². The van der Waals surface area contributed by atoms with Crippen LogP contribution in [0, 0.1) is 46.3 Å². The fourth-order valence-electron chi connectivity index (χ4n) is 9.11. The maximum absolute atomic E-state index is 10.3. The highest BCUT2D eigenvalue weighted by atomic mass is 16.3. The highest BCUT2D eigenvalue weighted by molar-refractivity contribution is 5.34. The highest BCUT2D eigenvalue weighted by Crippen LogP contribution is 2.65. The van der Waals surface area contributed by atoms with Crippen molar-refractivity contribution in [1.29, 1.82) is 0 Å². The summed E-state index contributed by atoms with van der Waals surface area (Å²) < 4.78 is 0. The van der Waals surface area contributed by atoms with Crippen molar-refractivity contribution in [3.8, 4) is 0 Å². The molecule has 3 saturated carbocycles. The molecule has 30 heavy (non-hydrogen) atoms. The first-order valence-corrected chi connectivity index (χ1v) is 13.6. The summed E-state index contributed by atoms with van der Waals surface area (Å²) in [6.45, 7) is 15.1. The number of aliphatic hydroxyl groups is 1. The standard InChI is InChI=1S/C29H50O/c1-7-21(19(2)3)9-8-20(4)25-12-13-26-24-11-10-22-18-23(30)14-16-28(22,5)27(24)15-17-29(25,26)6/h19-23,25,27,30H,7-18H2,1-6H3/t20-,21-,22-,23+,25-,27+,28+,29-/m1/s1. The van der Waals surface area contributed by atoms with Crippen LogP contribution in [0.1, 0.15) is 119 Å². The van der Waals surface area contributed by atoms with Gasteiger partial charge in [0.2, 0.25) is 0 Å². The lowest BCUT2D eigenvalue weighted by molar-refractivity contribution is -0.0381. The summed E-state index contributed by atoms with van der Waals surface area (Å²) in [6, 6.07) is 0. The lowest BCUT2D eigenvalue weighted by Crippen LogP contribution is -2.48. The summed E-state index contributed by atoms with van der Waals surface area (Å²) in [5.41, 5.74) is 4.80. The molecule has 0 aromatic heterocycles. The lowest BCUT2D eigenvalue weighted by Gasteiger charge is -2.56. The van der Waals surface area contributed by atoms with Crippen LogP contribution in [0.15, 0.2) is 11.1 Å². The first kappa shape index (κ1) is 22.9. The Labute approximate surface area is 187 Å². The normalized spacial score (nSPS) is 43.2. The maximum Gasteiger partial charge on any atom is 0.0543 e. The third kappa shape index (κ3) is 3.74. The first-order valence-electron chi connectivity index (χ1n) is 13.6. The van der Waals surface area contributed by atoms with Crippen LogP contribution >= 0.6 is 0 Å². The van der Waals surface area contributed by atoms with Gasteiger partial charge in [0.15, 0.2) is 0 Å². The molecule has 0 aromatic carbocycles. The van der Waals surface area contributed by atoms with Crippen molar-refractivity contribution in [1.82, 2.24) is 0 Å². The van der Waals surface area contributed by atoms with E-state index in [-0.39, 0.29) is 6.10 Å². The van der Waals surface area contributed by atoms with E-state index in [9.17, 15) is 5.11 Å². The molecule has 4 aliphatic rings. The topological polar surface area (TPSA) is 20.2 Å². The van der Waals surface area contributed by atoms with Crippen molar-refractivity contribution < 1.29 is 5.11 Å². The minimum atomic E-state index is -0.0272. The molecule has 4 aliphatic carbocycles. The Kier molecular flexibility index (Phi) is 6.53. The Hall–Kier alpha value is -0.300. The number of aliphatic hydroxyl groups excluding tert-OH is 1. The molecule has 0 aromatic rings. The van der Waals surface area contributed by atoms with Crippen molar-refractivity contribution in [2.75, 3.05) is 0 Å². The maximum atomic E-state index is 10.3.